The number of allylic oxidation sites excluding steroid dienone is 6. The van der Waals surface area contributed by atoms with Crippen molar-refractivity contribution in [1.29, 1.82) is 0 Å². The summed E-state index contributed by atoms with van der Waals surface area (Å²) in [6.07, 6.45) is 9.18. The zero-order valence-corrected chi connectivity index (χ0v) is 9.26. The third-order valence-corrected chi connectivity index (χ3v) is 2.88. The van der Waals surface area contributed by atoms with Gasteiger partial charge in [0.25, 0.3) is 0 Å². The standard InChI is InChI=1S/C15H14O/c1-12(13-7-5-6-8-13)15(11-16)14-9-3-2-4-10-14/h2-11,13H,1H3/b15-12+. The van der Waals surface area contributed by atoms with Gasteiger partial charge in [-0.15, -0.1) is 0 Å². The van der Waals surface area contributed by atoms with E-state index < -0.39 is 0 Å². The van der Waals surface area contributed by atoms with E-state index in [0.29, 0.717) is 0 Å². The fraction of sp³-hybridized carbons (Fsp3) is 0.133. The van der Waals surface area contributed by atoms with Crippen LogP contribution >= 0.6 is 0 Å². The van der Waals surface area contributed by atoms with Gasteiger partial charge >= 0.3 is 0 Å². The van der Waals surface area contributed by atoms with E-state index in [1.165, 1.54) is 0 Å². The van der Waals surface area contributed by atoms with Crippen LogP contribution in [-0.2, 0) is 4.79 Å². The van der Waals surface area contributed by atoms with Crippen LogP contribution in [0.25, 0.3) is 5.57 Å². The molecule has 1 heteroatoms. The summed E-state index contributed by atoms with van der Waals surface area (Å²) in [6.45, 7) is 2.02. The quantitative estimate of drug-likeness (QED) is 0.552. The van der Waals surface area contributed by atoms with Crippen molar-refractivity contribution in [3.8, 4) is 0 Å². The van der Waals surface area contributed by atoms with Gasteiger partial charge in [0.1, 0.15) is 0 Å². The molecule has 1 nitrogen and oxygen atoms in total. The molecule has 1 aliphatic rings. The molecule has 0 unspecified atom stereocenters. The molecular formula is C15H14O. The van der Waals surface area contributed by atoms with E-state index in [1.807, 2.05) is 49.4 Å². The van der Waals surface area contributed by atoms with Gasteiger partial charge in [-0.2, -0.15) is 0 Å². The van der Waals surface area contributed by atoms with Gasteiger partial charge in [-0.3, -0.25) is 4.79 Å². The number of aldehydes is 1. The van der Waals surface area contributed by atoms with E-state index in [-0.39, 0.29) is 5.92 Å². The van der Waals surface area contributed by atoms with Gasteiger partial charge < -0.3 is 0 Å². The number of hydrogen-bond donors (Lipinski definition) is 0. The van der Waals surface area contributed by atoms with Gasteiger partial charge in [-0.25, -0.2) is 0 Å². The van der Waals surface area contributed by atoms with Crippen LogP contribution in [0.2, 0.25) is 0 Å². The first-order valence-electron chi connectivity index (χ1n) is 5.39. The molecule has 0 N–H and O–H groups in total. The Morgan fingerprint density at radius 2 is 1.75 bits per heavy atom. The molecule has 0 saturated heterocycles. The summed E-state index contributed by atoms with van der Waals surface area (Å²) in [5, 5.41) is 0. The van der Waals surface area contributed by atoms with E-state index in [2.05, 4.69) is 12.2 Å². The largest absolute Gasteiger partial charge is 0.298 e. The van der Waals surface area contributed by atoms with Crippen LogP contribution in [0.3, 0.4) is 0 Å². The predicted molar refractivity (Wildman–Crippen MR) is 66.9 cm³/mol. The summed E-state index contributed by atoms with van der Waals surface area (Å²) in [5.74, 6) is 0.264. The Kier molecular flexibility index (Phi) is 3.16. The highest BCUT2D eigenvalue weighted by atomic mass is 16.1. The van der Waals surface area contributed by atoms with E-state index in [4.69, 9.17) is 0 Å². The molecule has 0 aromatic heterocycles. The van der Waals surface area contributed by atoms with Gasteiger partial charge in [0, 0.05) is 11.5 Å². The van der Waals surface area contributed by atoms with Crippen LogP contribution < -0.4 is 0 Å². The van der Waals surface area contributed by atoms with Crippen molar-refractivity contribution in [3.63, 3.8) is 0 Å². The molecule has 0 heterocycles. The Bertz CT molecular complexity index is 451. The normalized spacial score (nSPS) is 16.3. The van der Waals surface area contributed by atoms with E-state index in [1.54, 1.807) is 0 Å². The van der Waals surface area contributed by atoms with E-state index in [9.17, 15) is 4.79 Å². The van der Waals surface area contributed by atoms with Crippen molar-refractivity contribution < 1.29 is 4.79 Å². The molecule has 0 atom stereocenters. The van der Waals surface area contributed by atoms with Crippen LogP contribution in [0.15, 0.2) is 60.2 Å². The summed E-state index contributed by atoms with van der Waals surface area (Å²) in [5.41, 5.74) is 2.89. The molecule has 1 aromatic rings. The number of hydrogen-bond acceptors (Lipinski definition) is 1. The van der Waals surface area contributed by atoms with Gasteiger partial charge in [-0.1, -0.05) is 60.2 Å². The minimum atomic E-state index is 0.264. The zero-order valence-electron chi connectivity index (χ0n) is 9.26. The third kappa shape index (κ3) is 2.03. The first-order chi connectivity index (χ1) is 7.83. The number of carbonyl (C=O) groups excluding carboxylic acids is 1. The predicted octanol–water partition coefficient (Wildman–Crippen LogP) is 3.40. The maximum atomic E-state index is 11.2. The average molecular weight is 210 g/mol. The molecule has 0 bridgehead atoms. The van der Waals surface area contributed by atoms with Gasteiger partial charge in [-0.05, 0) is 12.5 Å². The summed E-state index contributed by atoms with van der Waals surface area (Å²) in [7, 11) is 0. The molecule has 0 fully saturated rings. The summed E-state index contributed by atoms with van der Waals surface area (Å²) in [4.78, 5) is 11.2. The van der Waals surface area contributed by atoms with E-state index >= 15 is 0 Å². The Labute approximate surface area is 95.8 Å². The fourth-order valence-electron chi connectivity index (χ4n) is 1.91. The second-order valence-corrected chi connectivity index (χ2v) is 3.88. The van der Waals surface area contributed by atoms with Crippen LogP contribution in [0.5, 0.6) is 0 Å². The van der Waals surface area contributed by atoms with Gasteiger partial charge in [0.15, 0.2) is 6.29 Å². The lowest BCUT2D eigenvalue weighted by molar-refractivity contribution is -0.103. The van der Waals surface area contributed by atoms with Gasteiger partial charge in [0.05, 0.1) is 0 Å². The molecule has 0 spiro atoms. The van der Waals surface area contributed by atoms with Crippen molar-refractivity contribution in [2.24, 2.45) is 5.92 Å². The maximum absolute atomic E-state index is 11.2. The minimum Gasteiger partial charge on any atom is -0.298 e. The zero-order chi connectivity index (χ0) is 11.4. The maximum Gasteiger partial charge on any atom is 0.150 e. The van der Waals surface area contributed by atoms with Crippen LogP contribution in [0.1, 0.15) is 12.5 Å². The second-order valence-electron chi connectivity index (χ2n) is 3.88. The highest BCUT2D eigenvalue weighted by Gasteiger charge is 2.12. The first-order valence-corrected chi connectivity index (χ1v) is 5.39. The monoisotopic (exact) mass is 210 g/mol. The lowest BCUT2D eigenvalue weighted by Gasteiger charge is -2.10. The van der Waals surface area contributed by atoms with Gasteiger partial charge in [0.2, 0.25) is 0 Å². The molecule has 16 heavy (non-hydrogen) atoms. The molecule has 1 aliphatic carbocycles. The van der Waals surface area contributed by atoms with Crippen molar-refractivity contribution in [2.75, 3.05) is 0 Å². The average Bonchev–Trinajstić information content (AvgIpc) is 2.85. The Morgan fingerprint density at radius 3 is 2.31 bits per heavy atom. The molecule has 80 valence electrons. The number of carbonyl (C=O) groups is 1. The lowest BCUT2D eigenvalue weighted by atomic mass is 9.93. The van der Waals surface area contributed by atoms with Crippen LogP contribution in [0.4, 0.5) is 0 Å². The Morgan fingerprint density at radius 1 is 1.12 bits per heavy atom. The first kappa shape index (κ1) is 10.6. The Balaban J connectivity index is 2.42. The molecule has 0 saturated carbocycles. The summed E-state index contributed by atoms with van der Waals surface area (Å²) >= 11 is 0. The molecule has 1 aromatic carbocycles. The van der Waals surface area contributed by atoms with E-state index in [0.717, 1.165) is 23.0 Å². The van der Waals surface area contributed by atoms with Crippen LogP contribution in [0, 0.1) is 5.92 Å². The summed E-state index contributed by atoms with van der Waals surface area (Å²) < 4.78 is 0. The van der Waals surface area contributed by atoms with Crippen molar-refractivity contribution in [1.82, 2.24) is 0 Å². The minimum absolute atomic E-state index is 0.264. The second kappa shape index (κ2) is 4.75. The molecule has 2 rings (SSSR count). The highest BCUT2D eigenvalue weighted by molar-refractivity contribution is 6.08. The number of rotatable bonds is 3. The fourth-order valence-corrected chi connectivity index (χ4v) is 1.91. The smallest absolute Gasteiger partial charge is 0.150 e. The Hall–Kier alpha value is -1.89. The molecule has 0 aliphatic heterocycles. The molecule has 0 amide bonds. The van der Waals surface area contributed by atoms with Crippen LogP contribution in [-0.4, -0.2) is 6.29 Å². The topological polar surface area (TPSA) is 17.1 Å². The number of benzene rings is 1. The lowest BCUT2D eigenvalue weighted by Crippen LogP contribution is -1.98. The van der Waals surface area contributed by atoms with Crippen molar-refractivity contribution in [2.45, 2.75) is 6.92 Å². The highest BCUT2D eigenvalue weighted by Crippen LogP contribution is 2.26. The summed E-state index contributed by atoms with van der Waals surface area (Å²) in [6, 6.07) is 9.79. The SMILES string of the molecule is C/C(=C(/C=O)c1ccccc1)C1C=CC=C1. The van der Waals surface area contributed by atoms with Crippen molar-refractivity contribution in [3.05, 3.63) is 65.8 Å². The van der Waals surface area contributed by atoms with Crippen molar-refractivity contribution >= 4 is 11.9 Å². The third-order valence-electron chi connectivity index (χ3n) is 2.88. The molecular weight excluding hydrogens is 196 g/mol. The molecule has 0 radical (unpaired) electrons.